The Labute approximate surface area is 113 Å². The van der Waals surface area contributed by atoms with E-state index >= 15 is 0 Å². The fourth-order valence-electron chi connectivity index (χ4n) is 1.90. The third-order valence-corrected chi connectivity index (χ3v) is 4.37. The first-order valence-electron chi connectivity index (χ1n) is 6.05. The fraction of sp³-hybridized carbons (Fsp3) is 0.308. The number of nitrogens with one attached hydrogen (secondary N) is 1. The maximum absolute atomic E-state index is 12.3. The first-order valence-corrected chi connectivity index (χ1v) is 7.53. The number of nitrogens with zero attached hydrogens (tertiary/aromatic N) is 2. The first-order chi connectivity index (χ1) is 8.92. The van der Waals surface area contributed by atoms with Crippen LogP contribution in [0.2, 0.25) is 0 Å². The molecule has 102 valence electrons. The van der Waals surface area contributed by atoms with Gasteiger partial charge in [0.15, 0.2) is 0 Å². The minimum atomic E-state index is -3.56. The topological polar surface area (TPSA) is 64.0 Å². The third kappa shape index (κ3) is 2.96. The van der Waals surface area contributed by atoms with Gasteiger partial charge in [-0.3, -0.25) is 9.40 Å². The van der Waals surface area contributed by atoms with Crippen LogP contribution in [0, 0.1) is 13.8 Å². The van der Waals surface area contributed by atoms with Crippen LogP contribution in [0.15, 0.2) is 35.5 Å². The quantitative estimate of drug-likeness (QED) is 0.934. The van der Waals surface area contributed by atoms with E-state index in [0.29, 0.717) is 17.1 Å². The molecule has 0 bridgehead atoms. The van der Waals surface area contributed by atoms with Crippen molar-refractivity contribution in [2.45, 2.75) is 32.2 Å². The highest BCUT2D eigenvalue weighted by Crippen LogP contribution is 2.19. The van der Waals surface area contributed by atoms with E-state index in [1.54, 1.807) is 29.9 Å². The van der Waals surface area contributed by atoms with E-state index in [1.807, 2.05) is 19.9 Å². The molecule has 0 saturated carbocycles. The zero-order chi connectivity index (χ0) is 14.0. The second-order valence-corrected chi connectivity index (χ2v) is 6.11. The Morgan fingerprint density at radius 3 is 2.63 bits per heavy atom. The summed E-state index contributed by atoms with van der Waals surface area (Å²) in [6.45, 7) is 6.36. The minimum absolute atomic E-state index is 0.294. The summed E-state index contributed by atoms with van der Waals surface area (Å²) in [4.78, 5) is 0.294. The summed E-state index contributed by atoms with van der Waals surface area (Å²) in [5, 5.41) is 4.04. The highest BCUT2D eigenvalue weighted by molar-refractivity contribution is 7.92. The van der Waals surface area contributed by atoms with E-state index in [0.717, 1.165) is 11.1 Å². The zero-order valence-electron chi connectivity index (χ0n) is 11.2. The lowest BCUT2D eigenvalue weighted by Gasteiger charge is -2.09. The Morgan fingerprint density at radius 1 is 1.32 bits per heavy atom. The maximum atomic E-state index is 12.3. The molecule has 0 unspecified atom stereocenters. The number of hydrogen-bond donors (Lipinski definition) is 1. The second-order valence-electron chi connectivity index (χ2n) is 4.46. The number of hydrogen-bond acceptors (Lipinski definition) is 3. The van der Waals surface area contributed by atoms with Crippen molar-refractivity contribution in [3.63, 3.8) is 0 Å². The van der Waals surface area contributed by atoms with E-state index in [2.05, 4.69) is 9.82 Å². The smallest absolute Gasteiger partial charge is 0.262 e. The van der Waals surface area contributed by atoms with Crippen LogP contribution < -0.4 is 4.72 Å². The Morgan fingerprint density at radius 2 is 2.05 bits per heavy atom. The van der Waals surface area contributed by atoms with Crippen molar-refractivity contribution in [1.82, 2.24) is 9.78 Å². The summed E-state index contributed by atoms with van der Waals surface area (Å²) in [6, 6.07) is 5.26. The second kappa shape index (κ2) is 5.05. The van der Waals surface area contributed by atoms with Crippen LogP contribution in [0.4, 0.5) is 5.69 Å². The predicted molar refractivity (Wildman–Crippen MR) is 74.6 cm³/mol. The van der Waals surface area contributed by atoms with Crippen LogP contribution in [-0.2, 0) is 16.6 Å². The van der Waals surface area contributed by atoms with Crippen molar-refractivity contribution in [3.8, 4) is 0 Å². The molecule has 0 amide bonds. The van der Waals surface area contributed by atoms with E-state index in [9.17, 15) is 8.42 Å². The number of aryl methyl sites for hydroxylation is 3. The molecule has 0 radical (unpaired) electrons. The van der Waals surface area contributed by atoms with E-state index in [-0.39, 0.29) is 0 Å². The molecule has 0 atom stereocenters. The number of anilines is 1. The van der Waals surface area contributed by atoms with Crippen LogP contribution in [0.1, 0.15) is 18.1 Å². The SMILES string of the molecule is CCn1cc(NS(=O)(=O)c2ccc(C)cc2C)cn1. The van der Waals surface area contributed by atoms with Gasteiger partial charge >= 0.3 is 0 Å². The van der Waals surface area contributed by atoms with Gasteiger partial charge in [0.05, 0.1) is 16.8 Å². The van der Waals surface area contributed by atoms with Gasteiger partial charge in [0.2, 0.25) is 0 Å². The van der Waals surface area contributed by atoms with Crippen molar-refractivity contribution in [3.05, 3.63) is 41.7 Å². The molecule has 0 aliphatic carbocycles. The van der Waals surface area contributed by atoms with E-state index < -0.39 is 10.0 Å². The average molecular weight is 279 g/mol. The van der Waals surface area contributed by atoms with Crippen LogP contribution in [0.3, 0.4) is 0 Å². The van der Waals surface area contributed by atoms with Gasteiger partial charge in [-0.15, -0.1) is 0 Å². The molecule has 0 aliphatic rings. The fourth-order valence-corrected chi connectivity index (χ4v) is 3.16. The molecule has 0 fully saturated rings. The normalized spacial score (nSPS) is 11.5. The van der Waals surface area contributed by atoms with Gasteiger partial charge in [-0.1, -0.05) is 17.7 Å². The van der Waals surface area contributed by atoms with Crippen LogP contribution in [0.5, 0.6) is 0 Å². The lowest BCUT2D eigenvalue weighted by Crippen LogP contribution is -2.14. The number of sulfonamides is 1. The molecule has 1 aromatic carbocycles. The van der Waals surface area contributed by atoms with Crippen LogP contribution in [0.25, 0.3) is 0 Å². The summed E-state index contributed by atoms with van der Waals surface area (Å²) in [5.41, 5.74) is 2.24. The Balaban J connectivity index is 2.32. The van der Waals surface area contributed by atoms with Crippen LogP contribution in [-0.4, -0.2) is 18.2 Å². The highest BCUT2D eigenvalue weighted by Gasteiger charge is 2.17. The molecule has 0 spiro atoms. The maximum Gasteiger partial charge on any atom is 0.262 e. The molecule has 1 aromatic heterocycles. The third-order valence-electron chi connectivity index (χ3n) is 2.83. The lowest BCUT2D eigenvalue weighted by molar-refractivity contribution is 0.600. The van der Waals surface area contributed by atoms with Crippen molar-refractivity contribution in [2.75, 3.05) is 4.72 Å². The summed E-state index contributed by atoms with van der Waals surface area (Å²) < 4.78 is 28.8. The Bertz CT molecular complexity index is 690. The summed E-state index contributed by atoms with van der Waals surface area (Å²) in [5.74, 6) is 0. The Hall–Kier alpha value is -1.82. The molecule has 0 aliphatic heterocycles. The summed E-state index contributed by atoms with van der Waals surface area (Å²) in [6.07, 6.45) is 3.17. The molecule has 6 heteroatoms. The average Bonchev–Trinajstić information content (AvgIpc) is 2.75. The standard InChI is InChI=1S/C13H17N3O2S/c1-4-16-9-12(8-14-16)15-19(17,18)13-6-5-10(2)7-11(13)3/h5-9,15H,4H2,1-3H3. The summed E-state index contributed by atoms with van der Waals surface area (Å²) in [7, 11) is -3.56. The molecule has 1 heterocycles. The zero-order valence-corrected chi connectivity index (χ0v) is 12.0. The van der Waals surface area contributed by atoms with Gasteiger partial charge in [-0.25, -0.2) is 8.42 Å². The molecule has 1 N–H and O–H groups in total. The van der Waals surface area contributed by atoms with Gasteiger partial charge in [0.25, 0.3) is 10.0 Å². The molecular formula is C13H17N3O2S. The number of rotatable bonds is 4. The van der Waals surface area contributed by atoms with Crippen molar-refractivity contribution in [1.29, 1.82) is 0 Å². The van der Waals surface area contributed by atoms with Crippen molar-refractivity contribution < 1.29 is 8.42 Å². The van der Waals surface area contributed by atoms with Crippen molar-refractivity contribution in [2.24, 2.45) is 0 Å². The molecule has 2 aromatic rings. The molecule has 5 nitrogen and oxygen atoms in total. The van der Waals surface area contributed by atoms with Crippen LogP contribution >= 0.6 is 0 Å². The number of aromatic nitrogens is 2. The monoisotopic (exact) mass is 279 g/mol. The first kappa shape index (κ1) is 13.6. The highest BCUT2D eigenvalue weighted by atomic mass is 32.2. The molecular weight excluding hydrogens is 262 g/mol. The van der Waals surface area contributed by atoms with Gasteiger partial charge in [-0.05, 0) is 32.4 Å². The minimum Gasteiger partial charge on any atom is -0.276 e. The van der Waals surface area contributed by atoms with E-state index in [4.69, 9.17) is 0 Å². The van der Waals surface area contributed by atoms with E-state index in [1.165, 1.54) is 6.20 Å². The molecule has 19 heavy (non-hydrogen) atoms. The lowest BCUT2D eigenvalue weighted by atomic mass is 10.2. The van der Waals surface area contributed by atoms with Gasteiger partial charge in [0, 0.05) is 12.7 Å². The molecule has 0 saturated heterocycles. The number of benzene rings is 1. The Kier molecular flexibility index (Phi) is 3.61. The predicted octanol–water partition coefficient (Wildman–Crippen LogP) is 2.32. The van der Waals surface area contributed by atoms with Gasteiger partial charge in [0.1, 0.15) is 0 Å². The van der Waals surface area contributed by atoms with Crippen molar-refractivity contribution >= 4 is 15.7 Å². The van der Waals surface area contributed by atoms with Gasteiger partial charge < -0.3 is 0 Å². The molecule has 2 rings (SSSR count). The largest absolute Gasteiger partial charge is 0.276 e. The van der Waals surface area contributed by atoms with Gasteiger partial charge in [-0.2, -0.15) is 5.10 Å². The summed E-state index contributed by atoms with van der Waals surface area (Å²) >= 11 is 0.